The van der Waals surface area contributed by atoms with E-state index in [9.17, 15) is 26.3 Å². The lowest BCUT2D eigenvalue weighted by molar-refractivity contribution is -0.111. The molecule has 2 rings (SSSR count). The fourth-order valence-electron chi connectivity index (χ4n) is 4.12. The number of benzene rings is 2. The van der Waals surface area contributed by atoms with Crippen LogP contribution in [0.1, 0.15) is 90.0 Å². The first-order valence-electron chi connectivity index (χ1n) is 11.9. The zero-order chi connectivity index (χ0) is 26.6. The Morgan fingerprint density at radius 3 is 1.26 bits per heavy atom. The van der Waals surface area contributed by atoms with Crippen LogP contribution >= 0.6 is 0 Å². The van der Waals surface area contributed by atoms with Crippen LogP contribution in [-0.2, 0) is 18.3 Å². The molecule has 0 bridgehead atoms. The van der Waals surface area contributed by atoms with E-state index >= 15 is 0 Å². The van der Waals surface area contributed by atoms with Crippen LogP contribution in [-0.4, -0.2) is 12.4 Å². The molecule has 0 fully saturated rings. The number of hydrogen-bond acceptors (Lipinski definition) is 0. The van der Waals surface area contributed by atoms with Gasteiger partial charge < -0.3 is 0 Å². The number of aryl methyl sites for hydroxylation is 2. The van der Waals surface area contributed by atoms with Gasteiger partial charge in [-0.15, -0.1) is 0 Å². The minimum Gasteiger partial charge on any atom is -0.172 e. The Kier molecular flexibility index (Phi) is 13.6. The van der Waals surface area contributed by atoms with Crippen molar-refractivity contribution >= 4 is 0 Å². The van der Waals surface area contributed by atoms with Crippen molar-refractivity contribution in [3.05, 3.63) is 70.8 Å². The summed E-state index contributed by atoms with van der Waals surface area (Å²) >= 11 is 0. The molecule has 1 atom stereocenters. The molecule has 0 heterocycles. The Labute approximate surface area is 201 Å². The van der Waals surface area contributed by atoms with Crippen LogP contribution in [0.2, 0.25) is 0 Å². The summed E-state index contributed by atoms with van der Waals surface area (Å²) in [4.78, 5) is 0. The Hall–Kier alpha value is -1.98. The molecule has 0 aliphatic carbocycles. The largest absolute Gasteiger partial charge is 0.386 e. The maximum Gasteiger partial charge on any atom is 0.386 e. The first kappa shape index (κ1) is 32.0. The van der Waals surface area contributed by atoms with Gasteiger partial charge in [0, 0.05) is 19.3 Å². The molecule has 6 heteroatoms. The minimum absolute atomic E-state index is 0.0844. The van der Waals surface area contributed by atoms with Crippen molar-refractivity contribution in [2.45, 2.75) is 98.3 Å². The smallest absolute Gasteiger partial charge is 0.172 e. The summed E-state index contributed by atoms with van der Waals surface area (Å²) < 4.78 is 62.1. The van der Waals surface area contributed by atoms with Crippen molar-refractivity contribution in [1.82, 2.24) is 0 Å². The fraction of sp³-hybridized carbons (Fsp3) is 0.571. The maximum absolute atomic E-state index is 10.4. The zero-order valence-corrected chi connectivity index (χ0v) is 21.5. The highest BCUT2D eigenvalue weighted by Gasteiger charge is 2.36. The van der Waals surface area contributed by atoms with Crippen molar-refractivity contribution in [2.24, 2.45) is 5.92 Å². The molecule has 0 saturated carbocycles. The predicted molar refractivity (Wildman–Crippen MR) is 130 cm³/mol. The van der Waals surface area contributed by atoms with Gasteiger partial charge in [0.1, 0.15) is 0 Å². The van der Waals surface area contributed by atoms with E-state index in [1.807, 2.05) is 0 Å². The lowest BCUT2D eigenvalue weighted by Crippen LogP contribution is -2.33. The summed E-state index contributed by atoms with van der Waals surface area (Å²) in [6, 6.07) is 18.6. The molecule has 0 aliphatic rings. The monoisotopic (exact) mass is 490 g/mol. The molecular formula is C28H40F6. The normalized spacial score (nSPS) is 12.7. The summed E-state index contributed by atoms with van der Waals surface area (Å²) in [7, 11) is 0. The highest BCUT2D eigenvalue weighted by atomic mass is 19.4. The Morgan fingerprint density at radius 2 is 1.00 bits per heavy atom. The second-order valence-corrected chi connectivity index (χ2v) is 8.77. The molecule has 194 valence electrons. The average Bonchev–Trinajstić information content (AvgIpc) is 2.74. The number of hydrogen-bond donors (Lipinski definition) is 0. The summed E-state index contributed by atoms with van der Waals surface area (Å²) in [5.41, 5.74) is 5.93. The zero-order valence-electron chi connectivity index (χ0n) is 21.5. The van der Waals surface area contributed by atoms with Crippen LogP contribution < -0.4 is 0 Å². The van der Waals surface area contributed by atoms with Gasteiger partial charge >= 0.3 is 12.4 Å². The lowest BCUT2D eigenvalue weighted by Gasteiger charge is -2.39. The van der Waals surface area contributed by atoms with E-state index < -0.39 is 12.4 Å². The highest BCUT2D eigenvalue weighted by molar-refractivity contribution is 5.42. The lowest BCUT2D eigenvalue weighted by atomic mass is 9.64. The number of halogens is 6. The van der Waals surface area contributed by atoms with Crippen molar-refractivity contribution < 1.29 is 26.3 Å². The summed E-state index contributed by atoms with van der Waals surface area (Å²) in [6.45, 7) is 12.0. The van der Waals surface area contributed by atoms with Crippen LogP contribution in [0, 0.1) is 5.92 Å². The van der Waals surface area contributed by atoms with Crippen LogP contribution in [0.15, 0.2) is 48.5 Å². The first-order valence-corrected chi connectivity index (χ1v) is 11.9. The maximum atomic E-state index is 10.4. The molecule has 0 amide bonds. The molecule has 0 saturated heterocycles. The molecule has 2 aromatic rings. The Bertz CT molecular complexity index is 749. The SMILES string of the molecule is CC(F)(F)F.CC(F)(F)F.CCCC(CC)C(C)(c1cccc(CC)c1)c1cccc(CC)c1. The molecule has 0 nitrogen and oxygen atoms in total. The van der Waals surface area contributed by atoms with Gasteiger partial charge in [0.25, 0.3) is 0 Å². The van der Waals surface area contributed by atoms with Crippen molar-refractivity contribution in [1.29, 1.82) is 0 Å². The molecule has 0 radical (unpaired) electrons. The van der Waals surface area contributed by atoms with Gasteiger partial charge in [0.2, 0.25) is 0 Å². The third-order valence-corrected chi connectivity index (χ3v) is 5.82. The molecule has 2 aromatic carbocycles. The highest BCUT2D eigenvalue weighted by Crippen LogP contribution is 2.43. The third kappa shape index (κ3) is 12.5. The minimum atomic E-state index is -4.00. The summed E-state index contributed by atoms with van der Waals surface area (Å²) in [5, 5.41) is 0. The van der Waals surface area contributed by atoms with E-state index in [0.717, 1.165) is 12.8 Å². The van der Waals surface area contributed by atoms with Crippen molar-refractivity contribution in [2.75, 3.05) is 0 Å². The van der Waals surface area contributed by atoms with Gasteiger partial charge in [-0.2, -0.15) is 26.3 Å². The van der Waals surface area contributed by atoms with Gasteiger partial charge in [-0.1, -0.05) is 96.0 Å². The van der Waals surface area contributed by atoms with Crippen LogP contribution in [0.3, 0.4) is 0 Å². The van der Waals surface area contributed by atoms with Crippen LogP contribution in [0.4, 0.5) is 26.3 Å². The molecule has 0 spiro atoms. The second kappa shape index (κ2) is 14.4. The van der Waals surface area contributed by atoms with Crippen molar-refractivity contribution in [3.63, 3.8) is 0 Å². The standard InChI is InChI=1S/C24H34.2C2H3F3/c1-6-12-21(9-4)24(5,22-15-10-13-19(7-2)17-22)23-16-11-14-20(8-3)18-23;2*1-2(3,4)5/h10-11,13-18,21H,6-9,12H2,1-5H3;2*1H3. The Balaban J connectivity index is 0.000000916. The average molecular weight is 491 g/mol. The molecule has 0 N–H and O–H groups in total. The third-order valence-electron chi connectivity index (χ3n) is 5.82. The fourth-order valence-corrected chi connectivity index (χ4v) is 4.12. The molecule has 34 heavy (non-hydrogen) atoms. The molecule has 1 unspecified atom stereocenters. The van der Waals surface area contributed by atoms with Gasteiger partial charge in [0.15, 0.2) is 0 Å². The van der Waals surface area contributed by atoms with Crippen molar-refractivity contribution in [3.8, 4) is 0 Å². The molecule has 0 aliphatic heterocycles. The van der Waals surface area contributed by atoms with Crippen LogP contribution in [0.5, 0.6) is 0 Å². The molecular weight excluding hydrogens is 450 g/mol. The predicted octanol–water partition coefficient (Wildman–Crippen LogP) is 10.1. The second-order valence-electron chi connectivity index (χ2n) is 8.77. The first-order chi connectivity index (χ1) is 15.6. The van der Waals surface area contributed by atoms with Gasteiger partial charge in [-0.05, 0) is 47.4 Å². The van der Waals surface area contributed by atoms with E-state index in [4.69, 9.17) is 0 Å². The van der Waals surface area contributed by atoms with Crippen LogP contribution in [0.25, 0.3) is 0 Å². The summed E-state index contributed by atoms with van der Waals surface area (Å²) in [5.74, 6) is 0.668. The number of alkyl halides is 6. The quantitative estimate of drug-likeness (QED) is 0.323. The van der Waals surface area contributed by atoms with E-state index in [0.29, 0.717) is 5.92 Å². The Morgan fingerprint density at radius 1 is 0.647 bits per heavy atom. The molecule has 0 aromatic heterocycles. The topological polar surface area (TPSA) is 0 Å². The van der Waals surface area contributed by atoms with Gasteiger partial charge in [0.05, 0.1) is 0 Å². The van der Waals surface area contributed by atoms with Gasteiger partial charge in [-0.25, -0.2) is 0 Å². The number of rotatable bonds is 8. The van der Waals surface area contributed by atoms with E-state index in [-0.39, 0.29) is 19.3 Å². The van der Waals surface area contributed by atoms with E-state index in [1.165, 1.54) is 41.5 Å². The van der Waals surface area contributed by atoms with E-state index in [2.05, 4.69) is 83.1 Å². The van der Waals surface area contributed by atoms with E-state index in [1.54, 1.807) is 0 Å². The van der Waals surface area contributed by atoms with Gasteiger partial charge in [-0.3, -0.25) is 0 Å². The summed E-state index contributed by atoms with van der Waals surface area (Å²) in [6.07, 6.45) is -2.06.